The van der Waals surface area contributed by atoms with Gasteiger partial charge in [0, 0.05) is 31.1 Å². The number of hydrogen-bond acceptors (Lipinski definition) is 2. The van der Waals surface area contributed by atoms with E-state index in [1.807, 2.05) is 17.0 Å². The van der Waals surface area contributed by atoms with E-state index < -0.39 is 0 Å². The molecule has 1 amide bonds. The van der Waals surface area contributed by atoms with Crippen molar-refractivity contribution in [1.82, 2.24) is 10.2 Å². The van der Waals surface area contributed by atoms with Gasteiger partial charge >= 0.3 is 0 Å². The van der Waals surface area contributed by atoms with Crippen LogP contribution in [0.15, 0.2) is 24.3 Å². The first-order valence-corrected chi connectivity index (χ1v) is 7.42. The molecule has 1 N–H and O–H groups in total. The van der Waals surface area contributed by atoms with Gasteiger partial charge < -0.3 is 10.2 Å². The van der Waals surface area contributed by atoms with Crippen molar-refractivity contribution in [3.05, 3.63) is 35.6 Å². The molecular weight excluding hydrogens is 255 g/mol. The fourth-order valence-corrected chi connectivity index (χ4v) is 3.02. The molecule has 0 spiro atoms. The van der Waals surface area contributed by atoms with E-state index in [1.54, 1.807) is 0 Å². The highest BCUT2D eigenvalue weighted by Gasteiger charge is 2.39. The summed E-state index contributed by atoms with van der Waals surface area (Å²) >= 11 is 0. The minimum Gasteiger partial charge on any atom is -0.338 e. The number of amides is 1. The van der Waals surface area contributed by atoms with Gasteiger partial charge in [0.15, 0.2) is 0 Å². The van der Waals surface area contributed by atoms with Gasteiger partial charge in [-0.25, -0.2) is 4.39 Å². The lowest BCUT2D eigenvalue weighted by Gasteiger charge is -2.20. The molecule has 3 nitrogen and oxygen atoms in total. The van der Waals surface area contributed by atoms with Crippen molar-refractivity contribution >= 4 is 5.91 Å². The van der Waals surface area contributed by atoms with Crippen LogP contribution in [-0.2, 0) is 11.2 Å². The Bertz CT molecular complexity index is 484. The van der Waals surface area contributed by atoms with Gasteiger partial charge in [-0.1, -0.05) is 12.1 Å². The Morgan fingerprint density at radius 2 is 2.05 bits per heavy atom. The molecule has 0 radical (unpaired) electrons. The molecule has 0 aromatic heterocycles. The van der Waals surface area contributed by atoms with Gasteiger partial charge in [0.2, 0.25) is 5.91 Å². The normalized spacial score (nSPS) is 24.2. The maximum Gasteiger partial charge on any atom is 0.224 e. The molecule has 108 valence electrons. The lowest BCUT2D eigenvalue weighted by Crippen LogP contribution is -2.40. The zero-order chi connectivity index (χ0) is 14.1. The van der Waals surface area contributed by atoms with Crippen molar-refractivity contribution in [3.63, 3.8) is 0 Å². The molecule has 2 atom stereocenters. The number of carbonyl (C=O) groups is 1. The standard InChI is InChI=1S/C16H21FN2O/c1-11(8-12-2-4-13(17)5-3-12)18-14-9-16(20)19(10-14)15-6-7-15/h2-5,11,14-15,18H,6-10H2,1H3/t11-,14+/m0/s1. The smallest absolute Gasteiger partial charge is 0.224 e. The third-order valence-corrected chi connectivity index (χ3v) is 4.12. The maximum atomic E-state index is 12.9. The predicted molar refractivity (Wildman–Crippen MR) is 75.8 cm³/mol. The van der Waals surface area contributed by atoms with E-state index in [0.29, 0.717) is 18.4 Å². The molecule has 2 aliphatic rings. The van der Waals surface area contributed by atoms with Crippen LogP contribution in [0.3, 0.4) is 0 Å². The monoisotopic (exact) mass is 276 g/mol. The summed E-state index contributed by atoms with van der Waals surface area (Å²) in [5.74, 6) is 0.0924. The summed E-state index contributed by atoms with van der Waals surface area (Å²) in [5, 5.41) is 3.53. The average Bonchev–Trinajstić information content (AvgIpc) is 3.17. The zero-order valence-corrected chi connectivity index (χ0v) is 11.8. The SMILES string of the molecule is C[C@@H](Cc1ccc(F)cc1)N[C@@H]1CC(=O)N(C2CC2)C1. The molecule has 2 fully saturated rings. The molecule has 1 aromatic rings. The molecule has 1 saturated heterocycles. The molecule has 1 aromatic carbocycles. The summed E-state index contributed by atoms with van der Waals surface area (Å²) in [5.41, 5.74) is 1.12. The van der Waals surface area contributed by atoms with E-state index in [-0.39, 0.29) is 17.9 Å². The Morgan fingerprint density at radius 1 is 1.35 bits per heavy atom. The van der Waals surface area contributed by atoms with Crippen molar-refractivity contribution < 1.29 is 9.18 Å². The Hall–Kier alpha value is -1.42. The van der Waals surface area contributed by atoms with Crippen LogP contribution in [0.25, 0.3) is 0 Å². The van der Waals surface area contributed by atoms with Gasteiger partial charge in [-0.3, -0.25) is 4.79 Å². The van der Waals surface area contributed by atoms with E-state index in [4.69, 9.17) is 0 Å². The number of benzene rings is 1. The number of hydrogen-bond donors (Lipinski definition) is 1. The van der Waals surface area contributed by atoms with E-state index in [1.165, 1.54) is 25.0 Å². The number of carbonyl (C=O) groups excluding carboxylic acids is 1. The zero-order valence-electron chi connectivity index (χ0n) is 11.8. The van der Waals surface area contributed by atoms with Crippen LogP contribution in [0.2, 0.25) is 0 Å². The van der Waals surface area contributed by atoms with Crippen LogP contribution in [0.4, 0.5) is 4.39 Å². The quantitative estimate of drug-likeness (QED) is 0.893. The third-order valence-electron chi connectivity index (χ3n) is 4.12. The first-order chi connectivity index (χ1) is 9.61. The summed E-state index contributed by atoms with van der Waals surface area (Å²) in [6.45, 7) is 2.96. The molecule has 3 rings (SSSR count). The second kappa shape index (κ2) is 5.52. The van der Waals surface area contributed by atoms with Gasteiger partial charge in [0.05, 0.1) is 0 Å². The van der Waals surface area contributed by atoms with Crippen molar-refractivity contribution in [3.8, 4) is 0 Å². The molecule has 20 heavy (non-hydrogen) atoms. The average molecular weight is 276 g/mol. The minimum absolute atomic E-state index is 0.198. The van der Waals surface area contributed by atoms with Gasteiger partial charge in [-0.2, -0.15) is 0 Å². The van der Waals surface area contributed by atoms with Crippen molar-refractivity contribution in [2.45, 2.75) is 50.7 Å². The Morgan fingerprint density at radius 3 is 2.70 bits per heavy atom. The molecule has 1 heterocycles. The second-order valence-electron chi connectivity index (χ2n) is 6.08. The van der Waals surface area contributed by atoms with Gasteiger partial charge in [-0.15, -0.1) is 0 Å². The van der Waals surface area contributed by atoms with E-state index in [0.717, 1.165) is 18.5 Å². The Labute approximate surface area is 119 Å². The van der Waals surface area contributed by atoms with Crippen molar-refractivity contribution in [1.29, 1.82) is 0 Å². The second-order valence-corrected chi connectivity index (χ2v) is 6.08. The number of nitrogens with one attached hydrogen (secondary N) is 1. The summed E-state index contributed by atoms with van der Waals surface area (Å²) in [6.07, 6.45) is 3.81. The van der Waals surface area contributed by atoms with E-state index in [9.17, 15) is 9.18 Å². The van der Waals surface area contributed by atoms with Gasteiger partial charge in [-0.05, 0) is 43.9 Å². The Kier molecular flexibility index (Phi) is 3.74. The third kappa shape index (κ3) is 3.18. The lowest BCUT2D eigenvalue weighted by molar-refractivity contribution is -0.128. The van der Waals surface area contributed by atoms with Crippen molar-refractivity contribution in [2.24, 2.45) is 0 Å². The lowest BCUT2D eigenvalue weighted by atomic mass is 10.1. The van der Waals surface area contributed by atoms with Crippen LogP contribution in [0.5, 0.6) is 0 Å². The number of rotatable bonds is 5. The summed E-state index contributed by atoms with van der Waals surface area (Å²) in [7, 11) is 0. The largest absolute Gasteiger partial charge is 0.338 e. The topological polar surface area (TPSA) is 32.3 Å². The molecule has 4 heteroatoms. The highest BCUT2D eigenvalue weighted by Crippen LogP contribution is 2.30. The van der Waals surface area contributed by atoms with Gasteiger partial charge in [0.1, 0.15) is 5.82 Å². The first-order valence-electron chi connectivity index (χ1n) is 7.42. The number of halogens is 1. The molecule has 1 saturated carbocycles. The molecular formula is C16H21FN2O. The summed E-state index contributed by atoms with van der Waals surface area (Å²) < 4.78 is 12.9. The molecule has 0 unspecified atom stereocenters. The van der Waals surface area contributed by atoms with E-state index >= 15 is 0 Å². The van der Waals surface area contributed by atoms with Gasteiger partial charge in [0.25, 0.3) is 0 Å². The first kappa shape index (κ1) is 13.6. The molecule has 1 aliphatic heterocycles. The van der Waals surface area contributed by atoms with Crippen LogP contribution in [0, 0.1) is 5.82 Å². The van der Waals surface area contributed by atoms with E-state index in [2.05, 4.69) is 12.2 Å². The van der Waals surface area contributed by atoms with Crippen LogP contribution < -0.4 is 5.32 Å². The van der Waals surface area contributed by atoms with Crippen LogP contribution in [-0.4, -0.2) is 35.5 Å². The van der Waals surface area contributed by atoms with Crippen LogP contribution >= 0.6 is 0 Å². The number of likely N-dealkylation sites (tertiary alicyclic amines) is 1. The fourth-order valence-electron chi connectivity index (χ4n) is 3.02. The highest BCUT2D eigenvalue weighted by molar-refractivity contribution is 5.80. The predicted octanol–water partition coefficient (Wildman–Crippen LogP) is 2.11. The minimum atomic E-state index is -0.198. The number of nitrogens with zero attached hydrogens (tertiary/aromatic N) is 1. The summed E-state index contributed by atoms with van der Waals surface area (Å²) in [6, 6.07) is 7.71. The van der Waals surface area contributed by atoms with Crippen molar-refractivity contribution in [2.75, 3.05) is 6.54 Å². The van der Waals surface area contributed by atoms with Crippen LogP contribution in [0.1, 0.15) is 31.7 Å². The Balaban J connectivity index is 1.50. The fraction of sp³-hybridized carbons (Fsp3) is 0.562. The molecule has 0 bridgehead atoms. The maximum absolute atomic E-state index is 12.9. The molecule has 1 aliphatic carbocycles. The summed E-state index contributed by atoms with van der Waals surface area (Å²) in [4.78, 5) is 13.9. The highest BCUT2D eigenvalue weighted by atomic mass is 19.1.